The van der Waals surface area contributed by atoms with Crippen molar-refractivity contribution < 1.29 is 4.74 Å². The first-order chi connectivity index (χ1) is 14.2. The van der Waals surface area contributed by atoms with Crippen molar-refractivity contribution in [2.24, 2.45) is 11.3 Å². The zero-order valence-electron chi connectivity index (χ0n) is 20.0. The van der Waals surface area contributed by atoms with Crippen LogP contribution in [0.15, 0.2) is 18.2 Å². The number of ether oxygens (including phenoxy) is 1. The van der Waals surface area contributed by atoms with Crippen molar-refractivity contribution in [3.8, 4) is 5.75 Å². The van der Waals surface area contributed by atoms with Crippen molar-refractivity contribution in [1.82, 2.24) is 0 Å². The lowest BCUT2D eigenvalue weighted by Crippen LogP contribution is -2.31. The summed E-state index contributed by atoms with van der Waals surface area (Å²) in [6.07, 6.45) is 20.6. The van der Waals surface area contributed by atoms with E-state index < -0.39 is 0 Å². The lowest BCUT2D eigenvalue weighted by atomic mass is 9.64. The van der Waals surface area contributed by atoms with Gasteiger partial charge in [0, 0.05) is 0 Å². The third-order valence-corrected chi connectivity index (χ3v) is 7.49. The third kappa shape index (κ3) is 7.34. The Balaban J connectivity index is 2.04. The quantitative estimate of drug-likeness (QED) is 0.336. The molecular formula is C28H48O. The second-order valence-electron chi connectivity index (χ2n) is 9.64. The van der Waals surface area contributed by atoms with E-state index in [9.17, 15) is 0 Å². The Kier molecular flexibility index (Phi) is 11.2. The number of hydrogen-bond donors (Lipinski definition) is 0. The fourth-order valence-electron chi connectivity index (χ4n) is 5.84. The molecule has 1 saturated carbocycles. The number of para-hydroxylation sites is 1. The van der Waals surface area contributed by atoms with Crippen LogP contribution in [0.1, 0.15) is 122 Å². The van der Waals surface area contributed by atoms with Gasteiger partial charge in [-0.05, 0) is 67.9 Å². The van der Waals surface area contributed by atoms with Gasteiger partial charge < -0.3 is 4.74 Å². The zero-order valence-corrected chi connectivity index (χ0v) is 20.0. The fourth-order valence-corrected chi connectivity index (χ4v) is 5.84. The van der Waals surface area contributed by atoms with E-state index in [1.807, 2.05) is 0 Å². The van der Waals surface area contributed by atoms with Crippen LogP contribution in [0.5, 0.6) is 5.75 Å². The second kappa shape index (κ2) is 13.3. The molecule has 1 aromatic carbocycles. The third-order valence-electron chi connectivity index (χ3n) is 7.49. The molecule has 0 amide bonds. The predicted octanol–water partition coefficient (Wildman–Crippen LogP) is 9.05. The van der Waals surface area contributed by atoms with Crippen LogP contribution in [0.2, 0.25) is 0 Å². The van der Waals surface area contributed by atoms with E-state index in [1.165, 1.54) is 107 Å². The molecule has 1 aliphatic rings. The summed E-state index contributed by atoms with van der Waals surface area (Å²) in [5.74, 6) is 2.08. The van der Waals surface area contributed by atoms with Gasteiger partial charge in [-0.3, -0.25) is 0 Å². The maximum Gasteiger partial charge on any atom is 0.125 e. The Morgan fingerprint density at radius 3 is 2.45 bits per heavy atom. The summed E-state index contributed by atoms with van der Waals surface area (Å²) >= 11 is 0. The second-order valence-corrected chi connectivity index (χ2v) is 9.64. The van der Waals surface area contributed by atoms with Gasteiger partial charge in [-0.2, -0.15) is 0 Å². The van der Waals surface area contributed by atoms with E-state index in [4.69, 9.17) is 4.74 Å². The minimum Gasteiger partial charge on any atom is -0.493 e. The summed E-state index contributed by atoms with van der Waals surface area (Å²) in [6.45, 7) is 10.1. The summed E-state index contributed by atoms with van der Waals surface area (Å²) in [5.41, 5.74) is 3.25. The highest BCUT2D eigenvalue weighted by Gasteiger charge is 2.36. The van der Waals surface area contributed by atoms with Crippen LogP contribution in [-0.4, -0.2) is 6.61 Å². The van der Waals surface area contributed by atoms with E-state index in [0.717, 1.165) is 18.9 Å². The molecule has 2 rings (SSSR count). The maximum atomic E-state index is 6.41. The van der Waals surface area contributed by atoms with Gasteiger partial charge in [0.2, 0.25) is 0 Å². The SMILES string of the molecule is CCCCC1(CCCOc2c(C)cccc2CCC)CCCCCCCC1CC. The molecule has 0 aliphatic heterocycles. The molecule has 1 aliphatic carbocycles. The smallest absolute Gasteiger partial charge is 0.125 e. The lowest BCUT2D eigenvalue weighted by Gasteiger charge is -2.42. The number of benzene rings is 1. The van der Waals surface area contributed by atoms with Crippen LogP contribution < -0.4 is 4.74 Å². The first-order valence-electron chi connectivity index (χ1n) is 12.9. The van der Waals surface area contributed by atoms with Crippen molar-refractivity contribution in [2.45, 2.75) is 124 Å². The first kappa shape index (κ1) is 24.3. The molecule has 2 unspecified atom stereocenters. The van der Waals surface area contributed by atoms with Crippen LogP contribution in [0, 0.1) is 18.3 Å². The fraction of sp³-hybridized carbons (Fsp3) is 0.786. The molecule has 1 aromatic rings. The van der Waals surface area contributed by atoms with Gasteiger partial charge in [0.25, 0.3) is 0 Å². The lowest BCUT2D eigenvalue weighted by molar-refractivity contribution is 0.0865. The highest BCUT2D eigenvalue weighted by molar-refractivity contribution is 5.40. The summed E-state index contributed by atoms with van der Waals surface area (Å²) in [6, 6.07) is 6.62. The van der Waals surface area contributed by atoms with E-state index in [2.05, 4.69) is 45.9 Å². The normalized spacial score (nSPS) is 23.2. The predicted molar refractivity (Wildman–Crippen MR) is 128 cm³/mol. The highest BCUT2D eigenvalue weighted by Crippen LogP contribution is 2.47. The molecule has 0 radical (unpaired) electrons. The summed E-state index contributed by atoms with van der Waals surface area (Å²) in [7, 11) is 0. The Morgan fingerprint density at radius 2 is 1.69 bits per heavy atom. The molecule has 0 heterocycles. The Hall–Kier alpha value is -0.980. The molecule has 1 fully saturated rings. The van der Waals surface area contributed by atoms with Crippen LogP contribution in [0.4, 0.5) is 0 Å². The Labute approximate surface area is 182 Å². The summed E-state index contributed by atoms with van der Waals surface area (Å²) < 4.78 is 6.41. The van der Waals surface area contributed by atoms with Crippen LogP contribution >= 0.6 is 0 Å². The average Bonchev–Trinajstić information content (AvgIpc) is 2.82. The van der Waals surface area contributed by atoms with Gasteiger partial charge in [-0.25, -0.2) is 0 Å². The van der Waals surface area contributed by atoms with Crippen LogP contribution in [0.25, 0.3) is 0 Å². The van der Waals surface area contributed by atoms with Crippen molar-refractivity contribution in [3.05, 3.63) is 29.3 Å². The number of rotatable bonds is 11. The largest absolute Gasteiger partial charge is 0.493 e. The average molecular weight is 401 g/mol. The van der Waals surface area contributed by atoms with E-state index >= 15 is 0 Å². The number of unbranched alkanes of at least 4 members (excludes halogenated alkanes) is 1. The number of aryl methyl sites for hydroxylation is 2. The molecule has 0 aromatic heterocycles. The minimum absolute atomic E-state index is 0.566. The topological polar surface area (TPSA) is 9.23 Å². The van der Waals surface area contributed by atoms with Gasteiger partial charge in [0.1, 0.15) is 5.75 Å². The summed E-state index contributed by atoms with van der Waals surface area (Å²) in [4.78, 5) is 0. The zero-order chi connectivity index (χ0) is 21.0. The van der Waals surface area contributed by atoms with Gasteiger partial charge >= 0.3 is 0 Å². The number of hydrogen-bond acceptors (Lipinski definition) is 1. The van der Waals surface area contributed by atoms with Crippen molar-refractivity contribution in [3.63, 3.8) is 0 Å². The monoisotopic (exact) mass is 400 g/mol. The van der Waals surface area contributed by atoms with E-state index in [-0.39, 0.29) is 0 Å². The van der Waals surface area contributed by atoms with Gasteiger partial charge in [0.15, 0.2) is 0 Å². The molecule has 29 heavy (non-hydrogen) atoms. The van der Waals surface area contributed by atoms with Crippen LogP contribution in [0.3, 0.4) is 0 Å². The molecule has 166 valence electrons. The molecule has 0 saturated heterocycles. The van der Waals surface area contributed by atoms with Crippen LogP contribution in [-0.2, 0) is 6.42 Å². The highest BCUT2D eigenvalue weighted by atomic mass is 16.5. The molecule has 2 atom stereocenters. The molecule has 1 heteroatoms. The van der Waals surface area contributed by atoms with E-state index in [1.54, 1.807) is 0 Å². The van der Waals surface area contributed by atoms with Crippen molar-refractivity contribution >= 4 is 0 Å². The molecule has 0 bridgehead atoms. The maximum absolute atomic E-state index is 6.41. The Morgan fingerprint density at radius 1 is 0.931 bits per heavy atom. The minimum atomic E-state index is 0.566. The Bertz CT molecular complexity index is 563. The van der Waals surface area contributed by atoms with Gasteiger partial charge in [0.05, 0.1) is 6.61 Å². The standard InChI is InChI=1S/C28H48O/c1-5-8-20-28(21-13-11-9-10-12-19-26(28)7-3)22-15-23-29-27-24(4)17-14-18-25(27)16-6-2/h14,17-18,26H,5-13,15-16,19-23H2,1-4H3. The molecule has 1 nitrogen and oxygen atoms in total. The first-order valence-corrected chi connectivity index (χ1v) is 12.9. The molecule has 0 N–H and O–H groups in total. The molecule has 0 spiro atoms. The van der Waals surface area contributed by atoms with Crippen molar-refractivity contribution in [2.75, 3.05) is 6.61 Å². The molecular weight excluding hydrogens is 352 g/mol. The summed E-state index contributed by atoms with van der Waals surface area (Å²) in [5, 5.41) is 0. The van der Waals surface area contributed by atoms with Gasteiger partial charge in [-0.15, -0.1) is 0 Å². The van der Waals surface area contributed by atoms with Gasteiger partial charge in [-0.1, -0.05) is 96.8 Å². The van der Waals surface area contributed by atoms with E-state index in [0.29, 0.717) is 5.41 Å². The van der Waals surface area contributed by atoms with Crippen molar-refractivity contribution in [1.29, 1.82) is 0 Å².